The summed E-state index contributed by atoms with van der Waals surface area (Å²) in [4.78, 5) is 18.0. The summed E-state index contributed by atoms with van der Waals surface area (Å²) in [6, 6.07) is 7.87. The molecule has 1 fully saturated rings. The first-order valence-electron chi connectivity index (χ1n) is 9.66. The first kappa shape index (κ1) is 18.4. The molecule has 146 valence electrons. The van der Waals surface area contributed by atoms with E-state index in [0.717, 1.165) is 61.3 Å². The fourth-order valence-electron chi connectivity index (χ4n) is 3.42. The number of hydrogen-bond acceptors (Lipinski definition) is 7. The van der Waals surface area contributed by atoms with Gasteiger partial charge in [0.05, 0.1) is 24.1 Å². The molecule has 3 aromatic rings. The lowest BCUT2D eigenvalue weighted by Crippen LogP contribution is -2.46. The van der Waals surface area contributed by atoms with Gasteiger partial charge in [-0.15, -0.1) is 0 Å². The van der Waals surface area contributed by atoms with Gasteiger partial charge in [-0.3, -0.25) is 9.88 Å². The predicted octanol–water partition coefficient (Wildman–Crippen LogP) is 3.16. The van der Waals surface area contributed by atoms with Crippen molar-refractivity contribution in [2.45, 2.75) is 20.4 Å². The number of rotatable bonds is 6. The molecule has 7 heteroatoms. The molecule has 0 N–H and O–H groups in total. The Hall–Kier alpha value is -2.93. The van der Waals surface area contributed by atoms with Gasteiger partial charge in [-0.25, -0.2) is 9.97 Å². The van der Waals surface area contributed by atoms with Crippen molar-refractivity contribution >= 4 is 5.82 Å². The zero-order chi connectivity index (χ0) is 19.3. The van der Waals surface area contributed by atoms with Crippen LogP contribution in [-0.2, 0) is 6.54 Å². The standard InChI is InChI=1S/C21H25N5O2/c1-3-27-19-7-5-4-6-17(19)21-24-18(16(2)28-21)15-25-10-12-26(13-11-25)20-14-22-8-9-23-20/h4-9,14H,3,10-13,15H2,1-2H3. The van der Waals surface area contributed by atoms with Gasteiger partial charge < -0.3 is 14.1 Å². The van der Waals surface area contributed by atoms with Crippen LogP contribution in [0.2, 0.25) is 0 Å². The average Bonchev–Trinajstić information content (AvgIpc) is 3.10. The molecular weight excluding hydrogens is 354 g/mol. The van der Waals surface area contributed by atoms with Crippen LogP contribution in [0.25, 0.3) is 11.5 Å². The molecule has 1 aromatic carbocycles. The summed E-state index contributed by atoms with van der Waals surface area (Å²) in [5, 5.41) is 0. The Balaban J connectivity index is 1.43. The molecule has 1 aliphatic heterocycles. The van der Waals surface area contributed by atoms with Gasteiger partial charge in [0.25, 0.3) is 0 Å². The molecule has 28 heavy (non-hydrogen) atoms. The molecule has 1 saturated heterocycles. The number of piperazine rings is 1. The SMILES string of the molecule is CCOc1ccccc1-c1nc(CN2CCN(c3cnccn3)CC2)c(C)o1. The van der Waals surface area contributed by atoms with E-state index in [2.05, 4.69) is 19.8 Å². The van der Waals surface area contributed by atoms with Crippen molar-refractivity contribution in [2.75, 3.05) is 37.7 Å². The maximum absolute atomic E-state index is 5.97. The summed E-state index contributed by atoms with van der Waals surface area (Å²) in [5.41, 5.74) is 1.88. The van der Waals surface area contributed by atoms with Crippen LogP contribution in [0, 0.1) is 6.92 Å². The summed E-state index contributed by atoms with van der Waals surface area (Å²) in [6.07, 6.45) is 5.26. The number of oxazole rings is 1. The normalized spacial score (nSPS) is 15.0. The zero-order valence-corrected chi connectivity index (χ0v) is 16.3. The van der Waals surface area contributed by atoms with E-state index >= 15 is 0 Å². The largest absolute Gasteiger partial charge is 0.493 e. The third-order valence-electron chi connectivity index (χ3n) is 4.93. The van der Waals surface area contributed by atoms with E-state index < -0.39 is 0 Å². The molecule has 0 amide bonds. The molecule has 0 atom stereocenters. The van der Waals surface area contributed by atoms with Crippen LogP contribution >= 0.6 is 0 Å². The summed E-state index contributed by atoms with van der Waals surface area (Å²) in [6.45, 7) is 9.10. The van der Waals surface area contributed by atoms with Gasteiger partial charge in [0.2, 0.25) is 5.89 Å². The van der Waals surface area contributed by atoms with Gasteiger partial charge in [0.1, 0.15) is 17.3 Å². The van der Waals surface area contributed by atoms with E-state index in [-0.39, 0.29) is 0 Å². The second-order valence-corrected chi connectivity index (χ2v) is 6.78. The number of benzene rings is 1. The first-order valence-corrected chi connectivity index (χ1v) is 9.66. The maximum Gasteiger partial charge on any atom is 0.230 e. The van der Waals surface area contributed by atoms with Gasteiger partial charge in [-0.05, 0) is 26.0 Å². The molecule has 3 heterocycles. The van der Waals surface area contributed by atoms with Crippen molar-refractivity contribution in [3.8, 4) is 17.2 Å². The van der Waals surface area contributed by atoms with E-state index in [4.69, 9.17) is 14.1 Å². The van der Waals surface area contributed by atoms with Gasteiger partial charge in [-0.1, -0.05) is 12.1 Å². The van der Waals surface area contributed by atoms with Gasteiger partial charge in [0.15, 0.2) is 0 Å². The molecule has 0 unspecified atom stereocenters. The monoisotopic (exact) mass is 379 g/mol. The molecule has 1 aliphatic rings. The minimum absolute atomic E-state index is 0.611. The second-order valence-electron chi connectivity index (χ2n) is 6.78. The van der Waals surface area contributed by atoms with Crippen molar-refractivity contribution < 1.29 is 9.15 Å². The smallest absolute Gasteiger partial charge is 0.230 e. The van der Waals surface area contributed by atoms with Crippen LogP contribution in [0.4, 0.5) is 5.82 Å². The molecule has 0 saturated carbocycles. The van der Waals surface area contributed by atoms with Crippen molar-refractivity contribution in [1.29, 1.82) is 0 Å². The highest BCUT2D eigenvalue weighted by atomic mass is 16.5. The third-order valence-corrected chi connectivity index (χ3v) is 4.93. The zero-order valence-electron chi connectivity index (χ0n) is 16.3. The quantitative estimate of drug-likeness (QED) is 0.652. The Labute approximate surface area is 165 Å². The number of anilines is 1. The Morgan fingerprint density at radius 3 is 2.68 bits per heavy atom. The highest BCUT2D eigenvalue weighted by Crippen LogP contribution is 2.31. The van der Waals surface area contributed by atoms with Crippen LogP contribution in [0.3, 0.4) is 0 Å². The van der Waals surface area contributed by atoms with E-state index in [0.29, 0.717) is 12.5 Å². The molecule has 2 aromatic heterocycles. The van der Waals surface area contributed by atoms with Crippen LogP contribution < -0.4 is 9.64 Å². The Kier molecular flexibility index (Phi) is 5.53. The van der Waals surface area contributed by atoms with Gasteiger partial charge in [0, 0.05) is 45.1 Å². The van der Waals surface area contributed by atoms with Crippen LogP contribution in [0.5, 0.6) is 5.75 Å². The summed E-state index contributed by atoms with van der Waals surface area (Å²) >= 11 is 0. The van der Waals surface area contributed by atoms with Gasteiger partial charge >= 0.3 is 0 Å². The average molecular weight is 379 g/mol. The van der Waals surface area contributed by atoms with E-state index in [9.17, 15) is 0 Å². The van der Waals surface area contributed by atoms with E-state index in [1.165, 1.54) is 0 Å². The van der Waals surface area contributed by atoms with E-state index in [1.807, 2.05) is 44.3 Å². The molecule has 0 bridgehead atoms. The number of aryl methyl sites for hydroxylation is 1. The minimum atomic E-state index is 0.611. The summed E-state index contributed by atoms with van der Waals surface area (Å²) in [5.74, 6) is 3.22. The fraction of sp³-hybridized carbons (Fsp3) is 0.381. The summed E-state index contributed by atoms with van der Waals surface area (Å²) in [7, 11) is 0. The van der Waals surface area contributed by atoms with Crippen LogP contribution in [0.1, 0.15) is 18.4 Å². The van der Waals surface area contributed by atoms with Crippen molar-refractivity contribution in [1.82, 2.24) is 19.9 Å². The fourth-order valence-corrected chi connectivity index (χ4v) is 3.42. The number of ether oxygens (including phenoxy) is 1. The topological polar surface area (TPSA) is 67.5 Å². The number of hydrogen-bond donors (Lipinski definition) is 0. The summed E-state index contributed by atoms with van der Waals surface area (Å²) < 4.78 is 11.7. The molecule has 7 nitrogen and oxygen atoms in total. The lowest BCUT2D eigenvalue weighted by atomic mass is 10.2. The lowest BCUT2D eigenvalue weighted by Gasteiger charge is -2.34. The predicted molar refractivity (Wildman–Crippen MR) is 107 cm³/mol. The maximum atomic E-state index is 5.97. The van der Waals surface area contributed by atoms with Crippen LogP contribution in [-0.4, -0.2) is 52.6 Å². The number of para-hydroxylation sites is 1. The second kappa shape index (κ2) is 8.39. The van der Waals surface area contributed by atoms with Crippen molar-refractivity contribution in [2.24, 2.45) is 0 Å². The number of aromatic nitrogens is 3. The third kappa shape index (κ3) is 3.99. The molecule has 0 radical (unpaired) electrons. The first-order chi connectivity index (χ1) is 13.7. The molecule has 0 spiro atoms. The number of nitrogens with zero attached hydrogens (tertiary/aromatic N) is 5. The Bertz CT molecular complexity index is 904. The van der Waals surface area contributed by atoms with Crippen LogP contribution in [0.15, 0.2) is 47.3 Å². The minimum Gasteiger partial charge on any atom is -0.493 e. The van der Waals surface area contributed by atoms with Crippen molar-refractivity contribution in [3.05, 3.63) is 54.3 Å². The van der Waals surface area contributed by atoms with Crippen molar-refractivity contribution in [3.63, 3.8) is 0 Å². The lowest BCUT2D eigenvalue weighted by molar-refractivity contribution is 0.245. The molecule has 4 rings (SSSR count). The van der Waals surface area contributed by atoms with Gasteiger partial charge in [-0.2, -0.15) is 0 Å². The molecule has 0 aliphatic carbocycles. The van der Waals surface area contributed by atoms with E-state index in [1.54, 1.807) is 12.4 Å². The highest BCUT2D eigenvalue weighted by molar-refractivity contribution is 5.63. The highest BCUT2D eigenvalue weighted by Gasteiger charge is 2.21. The molecular formula is C21H25N5O2. The Morgan fingerprint density at radius 2 is 1.93 bits per heavy atom. The Morgan fingerprint density at radius 1 is 1.11 bits per heavy atom.